The largest absolute Gasteiger partial charge is 0.493 e. The van der Waals surface area contributed by atoms with E-state index in [9.17, 15) is 4.79 Å². The summed E-state index contributed by atoms with van der Waals surface area (Å²) >= 11 is 5.22. The fourth-order valence-corrected chi connectivity index (χ4v) is 4.18. The lowest BCUT2D eigenvalue weighted by molar-refractivity contribution is -0.139. The van der Waals surface area contributed by atoms with Crippen molar-refractivity contribution < 1.29 is 23.8 Å². The van der Waals surface area contributed by atoms with Gasteiger partial charge in [-0.2, -0.15) is 0 Å². The first-order valence-electron chi connectivity index (χ1n) is 9.94. The number of para-hydroxylation sites is 2. The highest BCUT2D eigenvalue weighted by Gasteiger charge is 2.14. The average Bonchev–Trinajstić information content (AvgIpc) is 3.23. The van der Waals surface area contributed by atoms with Crippen molar-refractivity contribution in [1.29, 1.82) is 0 Å². The predicted molar refractivity (Wildman–Crippen MR) is 128 cm³/mol. The van der Waals surface area contributed by atoms with Gasteiger partial charge in [0.15, 0.2) is 12.2 Å². The van der Waals surface area contributed by atoms with Crippen LogP contribution in [-0.2, 0) is 4.79 Å². The number of oxazole rings is 1. The van der Waals surface area contributed by atoms with Crippen LogP contribution in [0.15, 0.2) is 80.5 Å². The molecule has 0 amide bonds. The molecule has 0 atom stereocenters. The first-order chi connectivity index (χ1) is 15.6. The van der Waals surface area contributed by atoms with E-state index in [0.717, 1.165) is 44.0 Å². The van der Waals surface area contributed by atoms with Gasteiger partial charge in [0, 0.05) is 15.1 Å². The van der Waals surface area contributed by atoms with Crippen molar-refractivity contribution in [3.05, 3.63) is 71.2 Å². The van der Waals surface area contributed by atoms with Crippen molar-refractivity contribution in [2.24, 2.45) is 0 Å². The van der Waals surface area contributed by atoms with Gasteiger partial charge in [0.05, 0.1) is 12.2 Å². The van der Waals surface area contributed by atoms with Gasteiger partial charge in [-0.1, -0.05) is 28.1 Å². The lowest BCUT2D eigenvalue weighted by Crippen LogP contribution is -2.09. The highest BCUT2D eigenvalue weighted by Crippen LogP contribution is 2.34. The van der Waals surface area contributed by atoms with Crippen LogP contribution in [0.4, 0.5) is 0 Å². The summed E-state index contributed by atoms with van der Waals surface area (Å²) in [7, 11) is 0. The minimum atomic E-state index is -0.992. The summed E-state index contributed by atoms with van der Waals surface area (Å²) in [6.07, 6.45) is 0.852. The fraction of sp³-hybridized carbons (Fsp3) is 0.167. The number of carboxylic acid groups (broad SMARTS) is 1. The molecule has 4 rings (SSSR count). The molecule has 3 aromatic carbocycles. The molecule has 8 heteroatoms. The fourth-order valence-electron chi connectivity index (χ4n) is 2.99. The molecule has 0 radical (unpaired) electrons. The molecule has 0 fully saturated rings. The maximum Gasteiger partial charge on any atom is 0.341 e. The maximum atomic E-state index is 10.6. The van der Waals surface area contributed by atoms with E-state index >= 15 is 0 Å². The summed E-state index contributed by atoms with van der Waals surface area (Å²) in [5.41, 5.74) is 2.36. The topological polar surface area (TPSA) is 81.8 Å². The van der Waals surface area contributed by atoms with Crippen LogP contribution in [0, 0.1) is 0 Å². The molecule has 0 aliphatic carbocycles. The van der Waals surface area contributed by atoms with Crippen LogP contribution in [0.2, 0.25) is 0 Å². The second-order valence-electron chi connectivity index (χ2n) is 6.83. The van der Waals surface area contributed by atoms with Gasteiger partial charge in [-0.15, -0.1) is 11.8 Å². The number of benzene rings is 3. The van der Waals surface area contributed by atoms with Crippen molar-refractivity contribution in [2.45, 2.75) is 11.3 Å². The second kappa shape index (κ2) is 10.6. The van der Waals surface area contributed by atoms with E-state index in [2.05, 4.69) is 20.9 Å². The van der Waals surface area contributed by atoms with Crippen molar-refractivity contribution in [3.63, 3.8) is 0 Å². The van der Waals surface area contributed by atoms with Crippen molar-refractivity contribution in [1.82, 2.24) is 4.98 Å². The number of hydrogen-bond donors (Lipinski definition) is 1. The minimum absolute atomic E-state index is 0.342. The molecular weight excluding hydrogens is 494 g/mol. The maximum absolute atomic E-state index is 10.6. The molecule has 4 aromatic rings. The number of aromatic nitrogens is 1. The lowest BCUT2D eigenvalue weighted by Gasteiger charge is -2.10. The van der Waals surface area contributed by atoms with Crippen LogP contribution < -0.4 is 9.47 Å². The summed E-state index contributed by atoms with van der Waals surface area (Å²) < 4.78 is 18.0. The number of aliphatic carboxylic acids is 1. The lowest BCUT2D eigenvalue weighted by atomic mass is 10.2. The molecule has 1 heterocycles. The number of fused-ring (bicyclic) bond motifs is 1. The van der Waals surface area contributed by atoms with Crippen LogP contribution in [-0.4, -0.2) is 35.0 Å². The normalized spacial score (nSPS) is 10.9. The van der Waals surface area contributed by atoms with E-state index in [1.54, 1.807) is 23.9 Å². The number of nitrogens with zero attached hydrogens (tertiary/aromatic N) is 1. The quantitative estimate of drug-likeness (QED) is 0.197. The molecule has 0 bridgehead atoms. The van der Waals surface area contributed by atoms with Gasteiger partial charge in [-0.05, 0) is 61.0 Å². The zero-order chi connectivity index (χ0) is 22.3. The zero-order valence-electron chi connectivity index (χ0n) is 17.0. The summed E-state index contributed by atoms with van der Waals surface area (Å²) in [5, 5.41) is 8.65. The molecule has 0 spiro atoms. The molecule has 32 heavy (non-hydrogen) atoms. The van der Waals surface area contributed by atoms with Gasteiger partial charge >= 0.3 is 5.97 Å². The monoisotopic (exact) mass is 513 g/mol. The smallest absolute Gasteiger partial charge is 0.341 e. The average molecular weight is 514 g/mol. The van der Waals surface area contributed by atoms with E-state index < -0.39 is 5.97 Å². The van der Waals surface area contributed by atoms with E-state index in [-0.39, 0.29) is 6.61 Å². The SMILES string of the molecule is O=C(O)COc1ccc(SCCCOc2ccc(Br)cc2-c2nc3ccccc3o2)cc1. The number of carbonyl (C=O) groups is 1. The Balaban J connectivity index is 1.31. The van der Waals surface area contributed by atoms with Gasteiger partial charge < -0.3 is 19.0 Å². The van der Waals surface area contributed by atoms with Gasteiger partial charge in [0.25, 0.3) is 0 Å². The molecule has 6 nitrogen and oxygen atoms in total. The third-order valence-corrected chi connectivity index (χ3v) is 6.06. The molecule has 1 N–H and O–H groups in total. The van der Waals surface area contributed by atoms with Crippen LogP contribution in [0.3, 0.4) is 0 Å². The standard InChI is InChI=1S/C24H20BrNO5S/c25-16-6-11-21(19(14-16)24-26-20-4-1-2-5-22(20)31-24)29-12-3-13-32-18-9-7-17(8-10-18)30-15-23(27)28/h1-2,4-11,14H,3,12-13,15H2,(H,27,28). The Bertz CT molecular complexity index is 1180. The molecule has 0 unspecified atom stereocenters. The van der Waals surface area contributed by atoms with Crippen LogP contribution in [0.25, 0.3) is 22.6 Å². The van der Waals surface area contributed by atoms with E-state index in [1.165, 1.54) is 0 Å². The Morgan fingerprint density at radius 1 is 1.06 bits per heavy atom. The van der Waals surface area contributed by atoms with Gasteiger partial charge in [-0.25, -0.2) is 9.78 Å². The summed E-state index contributed by atoms with van der Waals surface area (Å²) in [5.74, 6) is 1.69. The summed E-state index contributed by atoms with van der Waals surface area (Å²) in [6.45, 7) is 0.215. The number of halogens is 1. The Hall–Kier alpha value is -2.97. The van der Waals surface area contributed by atoms with Crippen LogP contribution in [0.5, 0.6) is 11.5 Å². The van der Waals surface area contributed by atoms with Gasteiger partial charge in [0.2, 0.25) is 5.89 Å². The van der Waals surface area contributed by atoms with Gasteiger partial charge in [0.1, 0.15) is 17.0 Å². The summed E-state index contributed by atoms with van der Waals surface area (Å²) in [6, 6.07) is 20.8. The number of hydrogen-bond acceptors (Lipinski definition) is 6. The third kappa shape index (κ3) is 5.83. The van der Waals surface area contributed by atoms with Crippen LogP contribution >= 0.6 is 27.7 Å². The molecule has 0 saturated carbocycles. The number of ether oxygens (including phenoxy) is 2. The number of carboxylic acids is 1. The molecule has 0 aliphatic heterocycles. The number of rotatable bonds is 10. The highest BCUT2D eigenvalue weighted by molar-refractivity contribution is 9.10. The Morgan fingerprint density at radius 2 is 1.88 bits per heavy atom. The van der Waals surface area contributed by atoms with E-state index in [4.69, 9.17) is 19.0 Å². The van der Waals surface area contributed by atoms with E-state index in [0.29, 0.717) is 18.2 Å². The highest BCUT2D eigenvalue weighted by atomic mass is 79.9. The first kappa shape index (κ1) is 22.2. The number of thioether (sulfide) groups is 1. The van der Waals surface area contributed by atoms with Gasteiger partial charge in [-0.3, -0.25) is 0 Å². The van der Waals surface area contributed by atoms with Crippen molar-refractivity contribution >= 4 is 44.8 Å². The molecule has 164 valence electrons. The van der Waals surface area contributed by atoms with Crippen LogP contribution in [0.1, 0.15) is 6.42 Å². The molecule has 0 saturated heterocycles. The molecular formula is C24H20BrNO5S. The second-order valence-corrected chi connectivity index (χ2v) is 8.92. The zero-order valence-corrected chi connectivity index (χ0v) is 19.4. The van der Waals surface area contributed by atoms with E-state index in [1.807, 2.05) is 54.6 Å². The molecule has 1 aromatic heterocycles. The Kier molecular flexibility index (Phi) is 7.34. The third-order valence-electron chi connectivity index (χ3n) is 4.47. The Morgan fingerprint density at radius 3 is 2.66 bits per heavy atom. The Labute approximate surface area is 197 Å². The first-order valence-corrected chi connectivity index (χ1v) is 11.7. The minimum Gasteiger partial charge on any atom is -0.493 e. The van der Waals surface area contributed by atoms with Crippen molar-refractivity contribution in [3.8, 4) is 23.0 Å². The summed E-state index contributed by atoms with van der Waals surface area (Å²) in [4.78, 5) is 16.2. The molecule has 0 aliphatic rings. The van der Waals surface area contributed by atoms with Crippen molar-refractivity contribution in [2.75, 3.05) is 19.0 Å². The predicted octanol–water partition coefficient (Wildman–Crippen LogP) is 6.28.